The number of nitrogens with one attached hydrogen (secondary N) is 1. The molecule has 0 aliphatic heterocycles. The topological polar surface area (TPSA) is 71.6 Å². The summed E-state index contributed by atoms with van der Waals surface area (Å²) in [5, 5.41) is 12.2. The number of alkyl halides is 2. The molecule has 0 fully saturated rings. The third-order valence-corrected chi connectivity index (χ3v) is 4.92. The van der Waals surface area contributed by atoms with Gasteiger partial charge in [-0.1, -0.05) is 6.58 Å². The maximum absolute atomic E-state index is 13.1. The highest BCUT2D eigenvalue weighted by molar-refractivity contribution is 5.78. The first-order valence-electron chi connectivity index (χ1n) is 9.15. The number of methoxy groups -OCH3 is 1. The van der Waals surface area contributed by atoms with Crippen molar-refractivity contribution in [2.75, 3.05) is 14.2 Å². The van der Waals surface area contributed by atoms with Crippen LogP contribution in [0.2, 0.25) is 0 Å². The lowest BCUT2D eigenvalue weighted by Crippen LogP contribution is -2.14. The summed E-state index contributed by atoms with van der Waals surface area (Å²) in [5.41, 5.74) is 2.73. The van der Waals surface area contributed by atoms with Gasteiger partial charge < -0.3 is 14.8 Å². The molecular weight excluding hydrogens is 390 g/mol. The number of benzene rings is 1. The fraction of sp³-hybridized carbons (Fsp3) is 0.273. The van der Waals surface area contributed by atoms with Crippen LogP contribution in [0.15, 0.2) is 43.2 Å². The van der Waals surface area contributed by atoms with Gasteiger partial charge in [-0.25, -0.2) is 4.98 Å². The van der Waals surface area contributed by atoms with E-state index in [1.807, 2.05) is 30.4 Å². The van der Waals surface area contributed by atoms with Gasteiger partial charge in [0.1, 0.15) is 17.1 Å². The molecule has 0 aliphatic carbocycles. The maximum Gasteiger partial charge on any atom is 0.387 e. The van der Waals surface area contributed by atoms with Crippen LogP contribution in [0.1, 0.15) is 25.0 Å². The molecule has 1 aromatic carbocycles. The predicted molar refractivity (Wildman–Crippen MR) is 111 cm³/mol. The molecule has 0 spiro atoms. The Balaban J connectivity index is 2.19. The minimum Gasteiger partial charge on any atom is -0.496 e. The molecule has 8 heteroatoms. The monoisotopic (exact) mass is 412 g/mol. The van der Waals surface area contributed by atoms with Crippen LogP contribution in [0.5, 0.6) is 11.5 Å². The van der Waals surface area contributed by atoms with E-state index in [2.05, 4.69) is 22.9 Å². The van der Waals surface area contributed by atoms with E-state index in [1.54, 1.807) is 25.5 Å². The molecular formula is C22H22F2N4O2. The van der Waals surface area contributed by atoms with Gasteiger partial charge in [0.25, 0.3) is 0 Å². The van der Waals surface area contributed by atoms with Gasteiger partial charge in [0.05, 0.1) is 36.0 Å². The molecule has 0 aliphatic rings. The molecule has 0 saturated heterocycles. The van der Waals surface area contributed by atoms with Gasteiger partial charge in [-0.15, -0.1) is 0 Å². The van der Waals surface area contributed by atoms with Gasteiger partial charge in [-0.2, -0.15) is 14.0 Å². The van der Waals surface area contributed by atoms with Crippen molar-refractivity contribution in [1.29, 1.82) is 5.26 Å². The summed E-state index contributed by atoms with van der Waals surface area (Å²) in [7, 11) is 3.08. The minimum atomic E-state index is -3.01. The van der Waals surface area contributed by atoms with Gasteiger partial charge in [-0.3, -0.25) is 4.40 Å². The van der Waals surface area contributed by atoms with Crippen LogP contribution < -0.4 is 14.8 Å². The van der Waals surface area contributed by atoms with Crippen molar-refractivity contribution < 1.29 is 18.3 Å². The van der Waals surface area contributed by atoms with Crippen molar-refractivity contribution in [3.05, 3.63) is 54.4 Å². The van der Waals surface area contributed by atoms with Crippen LogP contribution in [0.3, 0.4) is 0 Å². The van der Waals surface area contributed by atoms with Crippen molar-refractivity contribution in [3.63, 3.8) is 0 Å². The third-order valence-electron chi connectivity index (χ3n) is 4.92. The molecule has 0 bridgehead atoms. The largest absolute Gasteiger partial charge is 0.496 e. The molecule has 0 unspecified atom stereocenters. The Morgan fingerprint density at radius 2 is 2.00 bits per heavy atom. The lowest BCUT2D eigenvalue weighted by atomic mass is 9.87. The smallest absolute Gasteiger partial charge is 0.387 e. The molecule has 6 nitrogen and oxygen atoms in total. The van der Waals surface area contributed by atoms with Crippen LogP contribution in [0.4, 0.5) is 8.78 Å². The van der Waals surface area contributed by atoms with E-state index in [-0.39, 0.29) is 5.75 Å². The summed E-state index contributed by atoms with van der Waals surface area (Å²) >= 11 is 0. The van der Waals surface area contributed by atoms with Gasteiger partial charge >= 0.3 is 6.61 Å². The van der Waals surface area contributed by atoms with Crippen LogP contribution in [-0.2, 0) is 5.41 Å². The van der Waals surface area contributed by atoms with E-state index in [9.17, 15) is 14.0 Å². The SMILES string of the molecule is C=C(NC)c1c(OC)cc(-c2cnc3cc(C(C)(C)C#N)ccn23)cc1OC(F)F. The van der Waals surface area contributed by atoms with Crippen molar-refractivity contribution in [2.45, 2.75) is 25.9 Å². The van der Waals surface area contributed by atoms with Gasteiger partial charge in [0.15, 0.2) is 0 Å². The second-order valence-corrected chi connectivity index (χ2v) is 7.18. The molecule has 156 valence electrons. The average molecular weight is 412 g/mol. The fourth-order valence-electron chi connectivity index (χ4n) is 3.16. The van der Waals surface area contributed by atoms with E-state index in [1.165, 1.54) is 13.2 Å². The Bertz CT molecular complexity index is 1150. The van der Waals surface area contributed by atoms with Crippen LogP contribution in [0.25, 0.3) is 22.6 Å². The van der Waals surface area contributed by atoms with E-state index in [0.29, 0.717) is 33.9 Å². The quantitative estimate of drug-likeness (QED) is 0.614. The molecule has 0 atom stereocenters. The highest BCUT2D eigenvalue weighted by atomic mass is 19.3. The van der Waals surface area contributed by atoms with E-state index < -0.39 is 12.0 Å². The van der Waals surface area contributed by atoms with E-state index in [0.717, 1.165) is 5.56 Å². The molecule has 3 aromatic rings. The number of pyridine rings is 1. The van der Waals surface area contributed by atoms with Gasteiger partial charge in [0, 0.05) is 24.5 Å². The molecule has 0 radical (unpaired) electrons. The van der Waals surface area contributed by atoms with Crippen molar-refractivity contribution in [1.82, 2.24) is 14.7 Å². The van der Waals surface area contributed by atoms with Crippen molar-refractivity contribution in [2.24, 2.45) is 0 Å². The Morgan fingerprint density at radius 1 is 1.30 bits per heavy atom. The summed E-state index contributed by atoms with van der Waals surface area (Å²) in [6.45, 7) is 4.49. The number of fused-ring (bicyclic) bond motifs is 1. The second-order valence-electron chi connectivity index (χ2n) is 7.18. The third kappa shape index (κ3) is 3.79. The summed E-state index contributed by atoms with van der Waals surface area (Å²) < 4.78 is 38.1. The second kappa shape index (κ2) is 8.03. The number of hydrogen-bond acceptors (Lipinski definition) is 5. The van der Waals surface area contributed by atoms with Gasteiger partial charge in [-0.05, 0) is 43.7 Å². The number of rotatable bonds is 7. The van der Waals surface area contributed by atoms with Crippen molar-refractivity contribution in [3.8, 4) is 28.8 Å². The number of ether oxygens (including phenoxy) is 2. The fourth-order valence-corrected chi connectivity index (χ4v) is 3.16. The highest BCUT2D eigenvalue weighted by Crippen LogP contribution is 2.39. The maximum atomic E-state index is 13.1. The highest BCUT2D eigenvalue weighted by Gasteiger charge is 2.22. The van der Waals surface area contributed by atoms with Crippen LogP contribution in [0, 0.1) is 11.3 Å². The molecule has 2 aromatic heterocycles. The zero-order valence-corrected chi connectivity index (χ0v) is 17.2. The molecule has 1 N–H and O–H groups in total. The Morgan fingerprint density at radius 3 is 2.60 bits per heavy atom. The zero-order valence-electron chi connectivity index (χ0n) is 17.2. The molecule has 3 rings (SSSR count). The number of nitrogens with zero attached hydrogens (tertiary/aromatic N) is 3. The minimum absolute atomic E-state index is 0.0594. The molecule has 2 heterocycles. The summed E-state index contributed by atoms with van der Waals surface area (Å²) in [6.07, 6.45) is 3.43. The first-order chi connectivity index (χ1) is 14.2. The Kier molecular flexibility index (Phi) is 5.65. The van der Waals surface area contributed by atoms with Crippen LogP contribution >= 0.6 is 0 Å². The number of imidazole rings is 1. The van der Waals surface area contributed by atoms with Crippen LogP contribution in [-0.4, -0.2) is 30.2 Å². The summed E-state index contributed by atoms with van der Waals surface area (Å²) in [6, 6.07) is 9.16. The summed E-state index contributed by atoms with van der Waals surface area (Å²) in [5.74, 6) is 0.274. The lowest BCUT2D eigenvalue weighted by molar-refractivity contribution is -0.0500. The van der Waals surface area contributed by atoms with Crippen molar-refractivity contribution >= 4 is 11.3 Å². The van der Waals surface area contributed by atoms with E-state index in [4.69, 9.17) is 9.47 Å². The Labute approximate surface area is 173 Å². The first-order valence-corrected chi connectivity index (χ1v) is 9.15. The first kappa shape index (κ1) is 21.1. The zero-order chi connectivity index (χ0) is 22.1. The average Bonchev–Trinajstić information content (AvgIpc) is 3.15. The molecule has 0 saturated carbocycles. The predicted octanol–water partition coefficient (Wildman–Crippen LogP) is 4.60. The lowest BCUT2D eigenvalue weighted by Gasteiger charge is -2.18. The number of hydrogen-bond donors (Lipinski definition) is 1. The van der Waals surface area contributed by atoms with Gasteiger partial charge in [0.2, 0.25) is 0 Å². The normalized spacial score (nSPS) is 11.4. The number of nitriles is 1. The molecule has 30 heavy (non-hydrogen) atoms. The van der Waals surface area contributed by atoms with E-state index >= 15 is 0 Å². The number of aromatic nitrogens is 2. The number of halogens is 2. The Hall–Kier alpha value is -3.60. The molecule has 0 amide bonds. The standard InChI is InChI=1S/C22H22F2N4O2/c1-13(26-4)20-17(29-5)8-14(9-18(20)30-21(23)24)16-11-27-19-10-15(6-7-28(16)19)22(2,3)12-25/h6-11,21,26H,1H2,2-5H3. The summed E-state index contributed by atoms with van der Waals surface area (Å²) in [4.78, 5) is 4.42.